The van der Waals surface area contributed by atoms with Crippen molar-refractivity contribution >= 4 is 23.8 Å². The number of carbonyl (C=O) groups excluding carboxylic acids is 2. The van der Waals surface area contributed by atoms with Gasteiger partial charge < -0.3 is 20.8 Å². The standard InChI is InChI=1S/2C6H9NO3.Zn/c2*8-5-3-1-2-4(7-5)6(9)10;/h2*4H,1-3H2,(H,7,8)(H,9,10);. The number of piperidine rings is 2. The van der Waals surface area contributed by atoms with Gasteiger partial charge in [0.05, 0.1) is 0 Å². The fourth-order valence-electron chi connectivity index (χ4n) is 1.98. The van der Waals surface area contributed by atoms with Crippen molar-refractivity contribution in [3.8, 4) is 0 Å². The van der Waals surface area contributed by atoms with E-state index in [1.807, 2.05) is 0 Å². The van der Waals surface area contributed by atoms with Crippen molar-refractivity contribution in [2.45, 2.75) is 50.6 Å². The van der Waals surface area contributed by atoms with Crippen LogP contribution in [0.5, 0.6) is 0 Å². The number of carbonyl (C=O) groups is 4. The molecule has 2 aliphatic rings. The molecule has 8 nitrogen and oxygen atoms in total. The number of hydrogen-bond acceptors (Lipinski definition) is 4. The first-order chi connectivity index (χ1) is 9.40. The van der Waals surface area contributed by atoms with Crippen LogP contribution >= 0.6 is 0 Å². The van der Waals surface area contributed by atoms with Crippen molar-refractivity contribution < 1.29 is 48.9 Å². The van der Waals surface area contributed by atoms with E-state index >= 15 is 0 Å². The molecule has 2 atom stereocenters. The Balaban J connectivity index is 0.000000364. The molecule has 2 saturated heterocycles. The maximum absolute atomic E-state index is 10.6. The third-order valence-corrected chi connectivity index (χ3v) is 3.06. The van der Waals surface area contributed by atoms with Crippen molar-refractivity contribution in [1.82, 2.24) is 10.6 Å². The maximum atomic E-state index is 10.6. The van der Waals surface area contributed by atoms with E-state index in [-0.39, 0.29) is 31.3 Å². The van der Waals surface area contributed by atoms with E-state index in [0.717, 1.165) is 0 Å². The molecule has 0 spiro atoms. The van der Waals surface area contributed by atoms with Gasteiger partial charge in [0.2, 0.25) is 11.8 Å². The molecule has 0 saturated carbocycles. The van der Waals surface area contributed by atoms with Crippen LogP contribution in [-0.4, -0.2) is 46.0 Å². The molecular weight excluding hydrogens is 334 g/mol. The summed E-state index contributed by atoms with van der Waals surface area (Å²) in [5.74, 6) is -2.18. The van der Waals surface area contributed by atoms with Crippen molar-refractivity contribution in [2.75, 3.05) is 0 Å². The first-order valence-electron chi connectivity index (χ1n) is 6.44. The Morgan fingerprint density at radius 3 is 1.38 bits per heavy atom. The molecule has 2 rings (SSSR count). The quantitative estimate of drug-likeness (QED) is 0.495. The number of rotatable bonds is 2. The fraction of sp³-hybridized carbons (Fsp3) is 0.667. The molecule has 0 aromatic carbocycles. The number of nitrogens with one attached hydrogen (secondary N) is 2. The molecule has 2 unspecified atom stereocenters. The largest absolute Gasteiger partial charge is 0.480 e. The van der Waals surface area contributed by atoms with E-state index in [9.17, 15) is 19.2 Å². The molecule has 2 heterocycles. The van der Waals surface area contributed by atoms with Gasteiger partial charge in [-0.25, -0.2) is 9.59 Å². The Morgan fingerprint density at radius 2 is 1.19 bits per heavy atom. The summed E-state index contributed by atoms with van der Waals surface area (Å²) < 4.78 is 0. The van der Waals surface area contributed by atoms with Gasteiger partial charge in [0, 0.05) is 32.3 Å². The first kappa shape index (κ1) is 19.5. The van der Waals surface area contributed by atoms with Gasteiger partial charge in [-0.3, -0.25) is 9.59 Å². The second-order valence-corrected chi connectivity index (χ2v) is 4.70. The molecule has 2 amide bonds. The van der Waals surface area contributed by atoms with Crippen LogP contribution in [0.15, 0.2) is 0 Å². The average molecular weight is 352 g/mol. The summed E-state index contributed by atoms with van der Waals surface area (Å²) in [6, 6.07) is -1.30. The van der Waals surface area contributed by atoms with E-state index in [0.29, 0.717) is 38.5 Å². The van der Waals surface area contributed by atoms with Crippen LogP contribution < -0.4 is 10.6 Å². The van der Waals surface area contributed by atoms with E-state index in [4.69, 9.17) is 10.2 Å². The van der Waals surface area contributed by atoms with Crippen LogP contribution in [0.4, 0.5) is 0 Å². The molecule has 0 aliphatic carbocycles. The predicted molar refractivity (Wildman–Crippen MR) is 66.8 cm³/mol. The van der Waals surface area contributed by atoms with E-state index in [1.165, 1.54) is 0 Å². The number of carboxylic acid groups (broad SMARTS) is 2. The van der Waals surface area contributed by atoms with Gasteiger partial charge in [0.15, 0.2) is 0 Å². The number of hydrogen-bond donors (Lipinski definition) is 4. The van der Waals surface area contributed by atoms with Crippen LogP contribution in [0.1, 0.15) is 38.5 Å². The Hall–Kier alpha value is -1.50. The normalized spacial score (nSPS) is 24.4. The third-order valence-electron chi connectivity index (χ3n) is 3.06. The van der Waals surface area contributed by atoms with Gasteiger partial charge in [-0.05, 0) is 25.7 Å². The maximum Gasteiger partial charge on any atom is 0.326 e. The molecule has 2 aliphatic heterocycles. The van der Waals surface area contributed by atoms with Crippen LogP contribution in [0.3, 0.4) is 0 Å². The molecule has 9 heteroatoms. The summed E-state index contributed by atoms with van der Waals surface area (Å²) in [6.45, 7) is 0. The topological polar surface area (TPSA) is 133 Å². The smallest absolute Gasteiger partial charge is 0.326 e. The Kier molecular flexibility index (Phi) is 8.77. The fourth-order valence-corrected chi connectivity index (χ4v) is 1.98. The van der Waals surface area contributed by atoms with Gasteiger partial charge >= 0.3 is 11.9 Å². The van der Waals surface area contributed by atoms with Crippen molar-refractivity contribution in [3.63, 3.8) is 0 Å². The van der Waals surface area contributed by atoms with Crippen LogP contribution in [0, 0.1) is 0 Å². The van der Waals surface area contributed by atoms with Gasteiger partial charge in [-0.1, -0.05) is 0 Å². The van der Waals surface area contributed by atoms with Gasteiger partial charge in [0.1, 0.15) is 12.1 Å². The van der Waals surface area contributed by atoms with E-state index in [2.05, 4.69) is 10.6 Å². The van der Waals surface area contributed by atoms with E-state index in [1.54, 1.807) is 0 Å². The third kappa shape index (κ3) is 7.17. The zero-order valence-corrected chi connectivity index (χ0v) is 14.6. The van der Waals surface area contributed by atoms with Gasteiger partial charge in [0.25, 0.3) is 0 Å². The number of aliphatic carboxylic acids is 2. The SMILES string of the molecule is O=C1CCCC(C(=O)O)N1.O=C1CCCC(C(=O)O)N1.[Zn]. The van der Waals surface area contributed by atoms with Crippen LogP contribution in [-0.2, 0) is 38.7 Å². The molecule has 114 valence electrons. The van der Waals surface area contributed by atoms with Gasteiger partial charge in [-0.15, -0.1) is 0 Å². The molecule has 0 aromatic heterocycles. The predicted octanol–water partition coefficient (Wildman–Crippen LogP) is -0.523. The minimum Gasteiger partial charge on any atom is -0.480 e. The van der Waals surface area contributed by atoms with Crippen molar-refractivity contribution in [1.29, 1.82) is 0 Å². The summed E-state index contributed by atoms with van der Waals surface area (Å²) in [6.07, 6.45) is 3.40. The summed E-state index contributed by atoms with van der Waals surface area (Å²) in [4.78, 5) is 41.8. The Bertz CT molecular complexity index is 373. The summed E-state index contributed by atoms with van der Waals surface area (Å²) in [7, 11) is 0. The molecule has 0 radical (unpaired) electrons. The molecular formula is C12H18N2O6Zn. The minimum atomic E-state index is -0.937. The summed E-state index contributed by atoms with van der Waals surface area (Å²) in [5.41, 5.74) is 0. The molecule has 0 bridgehead atoms. The second kappa shape index (κ2) is 9.44. The minimum absolute atomic E-state index is 0. The summed E-state index contributed by atoms with van der Waals surface area (Å²) >= 11 is 0. The Labute approximate surface area is 134 Å². The molecule has 4 N–H and O–H groups in total. The zero-order chi connectivity index (χ0) is 15.1. The van der Waals surface area contributed by atoms with Gasteiger partial charge in [-0.2, -0.15) is 0 Å². The number of amides is 2. The monoisotopic (exact) mass is 350 g/mol. The zero-order valence-electron chi connectivity index (χ0n) is 11.6. The molecule has 0 aromatic rings. The van der Waals surface area contributed by atoms with Crippen molar-refractivity contribution in [2.24, 2.45) is 0 Å². The van der Waals surface area contributed by atoms with Crippen LogP contribution in [0.2, 0.25) is 0 Å². The second-order valence-electron chi connectivity index (χ2n) is 4.70. The summed E-state index contributed by atoms with van der Waals surface area (Å²) in [5, 5.41) is 21.6. The van der Waals surface area contributed by atoms with Crippen LogP contribution in [0.25, 0.3) is 0 Å². The number of carboxylic acids is 2. The first-order valence-corrected chi connectivity index (χ1v) is 6.44. The Morgan fingerprint density at radius 1 is 0.857 bits per heavy atom. The average Bonchev–Trinajstić information content (AvgIpc) is 2.39. The van der Waals surface area contributed by atoms with E-state index < -0.39 is 24.0 Å². The van der Waals surface area contributed by atoms with Crippen molar-refractivity contribution in [3.05, 3.63) is 0 Å². The molecule has 2 fully saturated rings. The molecule has 21 heavy (non-hydrogen) atoms.